The van der Waals surface area contributed by atoms with Crippen LogP contribution in [-0.2, 0) is 10.2 Å². The minimum Gasteiger partial charge on any atom is -0.313 e. The van der Waals surface area contributed by atoms with Crippen LogP contribution in [0.1, 0.15) is 25.0 Å². The number of pyridine rings is 1. The first-order chi connectivity index (χ1) is 13.6. The highest BCUT2D eigenvalue weighted by atomic mass is 35.5. The molecular formula is C23H21ClF2N2O. The fourth-order valence-corrected chi connectivity index (χ4v) is 3.51. The van der Waals surface area contributed by atoms with Gasteiger partial charge in [0, 0.05) is 18.7 Å². The molecule has 6 heteroatoms. The number of rotatable bonds is 4. The highest BCUT2D eigenvalue weighted by Gasteiger charge is 2.34. The predicted octanol–water partition coefficient (Wildman–Crippen LogP) is 5.93. The Morgan fingerprint density at radius 3 is 2.28 bits per heavy atom. The summed E-state index contributed by atoms with van der Waals surface area (Å²) < 4.78 is 27.5. The number of benzene rings is 2. The number of anilines is 1. The zero-order valence-electron chi connectivity index (χ0n) is 16.6. The maximum Gasteiger partial charge on any atom is 0.236 e. The number of hydrogen-bond donors (Lipinski definition) is 0. The molecule has 0 unspecified atom stereocenters. The van der Waals surface area contributed by atoms with Crippen LogP contribution in [0.25, 0.3) is 11.1 Å². The van der Waals surface area contributed by atoms with Gasteiger partial charge < -0.3 is 4.90 Å². The molecule has 0 radical (unpaired) electrons. The summed E-state index contributed by atoms with van der Waals surface area (Å²) in [6.45, 7) is 5.24. The highest BCUT2D eigenvalue weighted by Crippen LogP contribution is 2.36. The molecule has 3 aromatic rings. The number of halogens is 3. The van der Waals surface area contributed by atoms with Crippen LogP contribution in [0.4, 0.5) is 14.5 Å². The van der Waals surface area contributed by atoms with Crippen molar-refractivity contribution in [3.05, 3.63) is 82.6 Å². The zero-order valence-corrected chi connectivity index (χ0v) is 17.4. The van der Waals surface area contributed by atoms with Gasteiger partial charge >= 0.3 is 0 Å². The van der Waals surface area contributed by atoms with Gasteiger partial charge in [-0.15, -0.1) is 0 Å². The monoisotopic (exact) mass is 414 g/mol. The summed E-state index contributed by atoms with van der Waals surface area (Å²) >= 11 is 6.13. The van der Waals surface area contributed by atoms with E-state index in [9.17, 15) is 13.6 Å². The fourth-order valence-electron chi connectivity index (χ4n) is 3.35. The SMILES string of the molecule is Cc1ccccc1-c1cc(Cl)ncc1N(C)C(=O)C(C)(C)c1cc(F)cc(F)c1. The lowest BCUT2D eigenvalue weighted by atomic mass is 9.83. The van der Waals surface area contributed by atoms with Gasteiger partial charge in [0.05, 0.1) is 17.3 Å². The lowest BCUT2D eigenvalue weighted by molar-refractivity contribution is -0.122. The molecule has 3 nitrogen and oxygen atoms in total. The second kappa shape index (κ2) is 7.91. The minimum atomic E-state index is -1.17. The summed E-state index contributed by atoms with van der Waals surface area (Å²) in [6, 6.07) is 12.6. The van der Waals surface area contributed by atoms with E-state index in [0.29, 0.717) is 10.8 Å². The van der Waals surface area contributed by atoms with E-state index in [-0.39, 0.29) is 11.5 Å². The maximum absolute atomic E-state index is 13.7. The van der Waals surface area contributed by atoms with Crippen molar-refractivity contribution in [1.29, 1.82) is 0 Å². The van der Waals surface area contributed by atoms with E-state index in [1.54, 1.807) is 27.0 Å². The lowest BCUT2D eigenvalue weighted by Gasteiger charge is -2.31. The average Bonchev–Trinajstić information content (AvgIpc) is 2.66. The summed E-state index contributed by atoms with van der Waals surface area (Å²) in [6.07, 6.45) is 1.53. The summed E-state index contributed by atoms with van der Waals surface area (Å²) in [7, 11) is 1.62. The average molecular weight is 415 g/mol. The molecule has 0 aliphatic rings. The molecule has 1 aromatic heterocycles. The zero-order chi connectivity index (χ0) is 21.3. The third-order valence-corrected chi connectivity index (χ3v) is 5.28. The smallest absolute Gasteiger partial charge is 0.236 e. The van der Waals surface area contributed by atoms with E-state index in [1.165, 1.54) is 23.2 Å². The van der Waals surface area contributed by atoms with Gasteiger partial charge in [-0.2, -0.15) is 0 Å². The Balaban J connectivity index is 2.07. The molecule has 1 heterocycles. The molecule has 1 amide bonds. The Labute approximate surface area is 174 Å². The van der Waals surface area contributed by atoms with Crippen molar-refractivity contribution in [2.75, 3.05) is 11.9 Å². The lowest BCUT2D eigenvalue weighted by Crippen LogP contribution is -2.42. The van der Waals surface area contributed by atoms with Crippen LogP contribution in [0.3, 0.4) is 0 Å². The number of nitrogens with zero attached hydrogens (tertiary/aromatic N) is 2. The number of aromatic nitrogens is 1. The molecule has 3 rings (SSSR count). The third kappa shape index (κ3) is 4.15. The van der Waals surface area contributed by atoms with Gasteiger partial charge in [0.15, 0.2) is 0 Å². The molecule has 0 saturated heterocycles. The van der Waals surface area contributed by atoms with Gasteiger partial charge in [0.1, 0.15) is 16.8 Å². The van der Waals surface area contributed by atoms with E-state index >= 15 is 0 Å². The molecule has 0 aliphatic heterocycles. The number of likely N-dealkylation sites (N-methyl/N-ethyl adjacent to an activating group) is 1. The van der Waals surface area contributed by atoms with E-state index in [2.05, 4.69) is 4.98 Å². The van der Waals surface area contributed by atoms with E-state index < -0.39 is 17.0 Å². The van der Waals surface area contributed by atoms with Gasteiger partial charge in [-0.05, 0) is 55.7 Å². The van der Waals surface area contributed by atoms with Crippen LogP contribution in [0, 0.1) is 18.6 Å². The normalized spacial score (nSPS) is 11.4. The molecule has 0 bridgehead atoms. The van der Waals surface area contributed by atoms with Gasteiger partial charge in [-0.3, -0.25) is 4.79 Å². The second-order valence-corrected chi connectivity index (χ2v) is 7.87. The number of carbonyl (C=O) groups excluding carboxylic acids is 1. The largest absolute Gasteiger partial charge is 0.313 e. The molecule has 0 N–H and O–H groups in total. The van der Waals surface area contributed by atoms with Crippen LogP contribution in [0.2, 0.25) is 5.15 Å². The van der Waals surface area contributed by atoms with E-state index in [4.69, 9.17) is 11.6 Å². The van der Waals surface area contributed by atoms with Crippen LogP contribution in [0.5, 0.6) is 0 Å². The molecule has 0 fully saturated rings. The first-order valence-corrected chi connectivity index (χ1v) is 9.45. The van der Waals surface area contributed by atoms with Crippen LogP contribution >= 0.6 is 11.6 Å². The summed E-state index contributed by atoms with van der Waals surface area (Å²) in [5, 5.41) is 0.305. The molecule has 0 saturated carbocycles. The van der Waals surface area contributed by atoms with Crippen molar-refractivity contribution >= 4 is 23.2 Å². The Hall–Kier alpha value is -2.79. The maximum atomic E-state index is 13.7. The van der Waals surface area contributed by atoms with Crippen molar-refractivity contribution in [1.82, 2.24) is 4.98 Å². The standard InChI is InChI=1S/C23H21ClF2N2O/c1-14-7-5-6-8-18(14)19-12-21(24)27-13-20(19)28(4)22(29)23(2,3)15-9-16(25)11-17(26)10-15/h5-13H,1-4H3. The summed E-state index contributed by atoms with van der Waals surface area (Å²) in [4.78, 5) is 18.9. The topological polar surface area (TPSA) is 33.2 Å². The van der Waals surface area contributed by atoms with Gasteiger partial charge in [-0.1, -0.05) is 35.9 Å². The van der Waals surface area contributed by atoms with Crippen LogP contribution in [0.15, 0.2) is 54.7 Å². The number of hydrogen-bond acceptors (Lipinski definition) is 2. The number of carbonyl (C=O) groups is 1. The predicted molar refractivity (Wildman–Crippen MR) is 112 cm³/mol. The Morgan fingerprint density at radius 2 is 1.66 bits per heavy atom. The first kappa shape index (κ1) is 20.9. The summed E-state index contributed by atoms with van der Waals surface area (Å²) in [5.41, 5.74) is 2.33. The number of amides is 1. The van der Waals surface area contributed by atoms with Crippen molar-refractivity contribution < 1.29 is 13.6 Å². The Bertz CT molecular complexity index is 1060. The van der Waals surface area contributed by atoms with Crippen LogP contribution in [-0.4, -0.2) is 17.9 Å². The molecule has 29 heavy (non-hydrogen) atoms. The van der Waals surface area contributed by atoms with Crippen LogP contribution < -0.4 is 4.90 Å². The van der Waals surface area contributed by atoms with E-state index in [0.717, 1.165) is 22.8 Å². The molecule has 0 aliphatic carbocycles. The quantitative estimate of drug-likeness (QED) is 0.496. The van der Waals surface area contributed by atoms with Crippen molar-refractivity contribution in [2.24, 2.45) is 0 Å². The first-order valence-electron chi connectivity index (χ1n) is 9.07. The summed E-state index contributed by atoms with van der Waals surface area (Å²) in [5.74, 6) is -1.78. The second-order valence-electron chi connectivity index (χ2n) is 7.49. The van der Waals surface area contributed by atoms with E-state index in [1.807, 2.05) is 31.2 Å². The third-order valence-electron chi connectivity index (χ3n) is 5.07. The van der Waals surface area contributed by atoms with Crippen molar-refractivity contribution in [2.45, 2.75) is 26.2 Å². The molecule has 0 spiro atoms. The van der Waals surface area contributed by atoms with Gasteiger partial charge in [-0.25, -0.2) is 13.8 Å². The Morgan fingerprint density at radius 1 is 1.03 bits per heavy atom. The molecule has 2 aromatic carbocycles. The molecular weight excluding hydrogens is 394 g/mol. The minimum absolute atomic E-state index is 0.256. The molecule has 0 atom stereocenters. The Kier molecular flexibility index (Phi) is 5.71. The molecule has 150 valence electrons. The van der Waals surface area contributed by atoms with Crippen molar-refractivity contribution in [3.8, 4) is 11.1 Å². The van der Waals surface area contributed by atoms with Crippen molar-refractivity contribution in [3.63, 3.8) is 0 Å². The number of aryl methyl sites for hydroxylation is 1. The van der Waals surface area contributed by atoms with Gasteiger partial charge in [0.25, 0.3) is 0 Å². The van der Waals surface area contributed by atoms with Gasteiger partial charge in [0.2, 0.25) is 5.91 Å². The fraction of sp³-hybridized carbons (Fsp3) is 0.217. The highest BCUT2D eigenvalue weighted by molar-refractivity contribution is 6.29.